The third-order valence-electron chi connectivity index (χ3n) is 6.45. The van der Waals surface area contributed by atoms with Crippen LogP contribution in [0.2, 0.25) is 0 Å². The molecular weight excluding hydrogens is 493 g/mol. The predicted molar refractivity (Wildman–Crippen MR) is 142 cm³/mol. The summed E-state index contributed by atoms with van der Waals surface area (Å²) in [6.07, 6.45) is 9.35. The minimum atomic E-state index is -3.41. The van der Waals surface area contributed by atoms with Crippen molar-refractivity contribution in [2.24, 2.45) is 0 Å². The Balaban J connectivity index is 1.42. The number of benzene rings is 1. The van der Waals surface area contributed by atoms with Crippen molar-refractivity contribution in [1.29, 1.82) is 0 Å². The van der Waals surface area contributed by atoms with E-state index >= 15 is 0 Å². The molecule has 0 bridgehead atoms. The van der Waals surface area contributed by atoms with Crippen LogP contribution >= 0.6 is 0 Å². The number of aromatic nitrogens is 5. The molecule has 0 spiro atoms. The molecule has 37 heavy (non-hydrogen) atoms. The second-order valence-electron chi connectivity index (χ2n) is 9.14. The largest absolute Gasteiger partial charge is 0.352 e. The number of rotatable bonds is 6. The first kappa shape index (κ1) is 23.5. The van der Waals surface area contributed by atoms with E-state index in [1.165, 1.54) is 17.7 Å². The number of nitrogens with zero attached hydrogens (tertiary/aromatic N) is 3. The molecule has 11 heteroatoms. The maximum atomic E-state index is 14.5. The molecule has 1 aromatic carbocycles. The van der Waals surface area contributed by atoms with Crippen LogP contribution in [-0.2, 0) is 16.6 Å². The standard InChI is InChI=1S/C26H24FN7O2S/c1-37(35,36)31-11-15-6-17(8-18(27)7-15)21-12-29-13-24-19(21)9-23(32-24)26-20-10-22(16-2-4-28-5-3-16)30-14-25(20)33-34-26/h2,6-10,12-14,28,31-32H,3-5,11H2,1H3,(H,33,34). The Morgan fingerprint density at radius 3 is 2.76 bits per heavy atom. The Morgan fingerprint density at radius 1 is 1.05 bits per heavy atom. The molecular formula is C26H24FN7O2S. The topological polar surface area (TPSA) is 128 Å². The lowest BCUT2D eigenvalue weighted by Crippen LogP contribution is -2.21. The van der Waals surface area contributed by atoms with Crippen molar-refractivity contribution in [3.63, 3.8) is 0 Å². The molecule has 0 radical (unpaired) electrons. The van der Waals surface area contributed by atoms with Gasteiger partial charge in [0.1, 0.15) is 11.5 Å². The number of hydrogen-bond acceptors (Lipinski definition) is 6. The van der Waals surface area contributed by atoms with E-state index < -0.39 is 15.8 Å². The molecule has 0 aliphatic carbocycles. The first-order valence-electron chi connectivity index (χ1n) is 11.8. The lowest BCUT2D eigenvalue weighted by atomic mass is 10.0. The van der Waals surface area contributed by atoms with Crippen LogP contribution in [0.15, 0.2) is 55.0 Å². The van der Waals surface area contributed by atoms with Crippen molar-refractivity contribution in [2.75, 3.05) is 19.3 Å². The molecule has 5 aromatic rings. The van der Waals surface area contributed by atoms with Crippen LogP contribution in [-0.4, -0.2) is 52.9 Å². The smallest absolute Gasteiger partial charge is 0.209 e. The molecule has 5 heterocycles. The highest BCUT2D eigenvalue weighted by atomic mass is 32.2. The third kappa shape index (κ3) is 4.76. The SMILES string of the molecule is CS(=O)(=O)NCc1cc(F)cc(-c2cncc3[nH]c(-c4n[nH]c5cnc(C6=CCNCC6)cc45)cc23)c1. The molecule has 0 unspecified atom stereocenters. The first-order chi connectivity index (χ1) is 17.8. The lowest BCUT2D eigenvalue weighted by Gasteiger charge is -2.13. The van der Waals surface area contributed by atoms with Crippen molar-refractivity contribution in [1.82, 2.24) is 35.2 Å². The monoisotopic (exact) mass is 517 g/mol. The predicted octanol–water partition coefficient (Wildman–Crippen LogP) is 3.73. The molecule has 188 valence electrons. The van der Waals surface area contributed by atoms with Crippen molar-refractivity contribution < 1.29 is 12.8 Å². The Morgan fingerprint density at radius 2 is 1.95 bits per heavy atom. The van der Waals surface area contributed by atoms with E-state index in [-0.39, 0.29) is 6.54 Å². The van der Waals surface area contributed by atoms with Gasteiger partial charge in [0.15, 0.2) is 0 Å². The van der Waals surface area contributed by atoms with Gasteiger partial charge < -0.3 is 10.3 Å². The van der Waals surface area contributed by atoms with Crippen LogP contribution in [0.3, 0.4) is 0 Å². The molecule has 4 N–H and O–H groups in total. The zero-order valence-corrected chi connectivity index (χ0v) is 20.8. The summed E-state index contributed by atoms with van der Waals surface area (Å²) in [5.74, 6) is -0.457. The molecule has 0 saturated carbocycles. The Bertz CT molecular complexity index is 1790. The fourth-order valence-corrected chi connectivity index (χ4v) is 5.11. The normalized spacial score (nSPS) is 14.4. The van der Waals surface area contributed by atoms with Crippen molar-refractivity contribution >= 4 is 37.4 Å². The summed E-state index contributed by atoms with van der Waals surface area (Å²) in [6, 6.07) is 8.53. The second kappa shape index (κ2) is 9.18. The molecule has 1 aliphatic heterocycles. The lowest BCUT2D eigenvalue weighted by molar-refractivity contribution is 0.586. The minimum Gasteiger partial charge on any atom is -0.352 e. The van der Waals surface area contributed by atoms with E-state index in [9.17, 15) is 12.8 Å². The fraction of sp³-hybridized carbons (Fsp3) is 0.192. The van der Waals surface area contributed by atoms with Gasteiger partial charge in [-0.05, 0) is 60.0 Å². The maximum absolute atomic E-state index is 14.5. The number of nitrogens with one attached hydrogen (secondary N) is 4. The summed E-state index contributed by atoms with van der Waals surface area (Å²) in [7, 11) is -3.41. The molecule has 9 nitrogen and oxygen atoms in total. The van der Waals surface area contributed by atoms with Gasteiger partial charge in [0, 0.05) is 35.6 Å². The second-order valence-corrected chi connectivity index (χ2v) is 11.0. The number of sulfonamides is 1. The Kier molecular flexibility index (Phi) is 5.82. The summed E-state index contributed by atoms with van der Waals surface area (Å²) in [6.45, 7) is 1.75. The van der Waals surface area contributed by atoms with Gasteiger partial charge >= 0.3 is 0 Å². The van der Waals surface area contributed by atoms with E-state index in [0.29, 0.717) is 11.1 Å². The Labute approximate surface area is 212 Å². The Hall–Kier alpha value is -3.93. The van der Waals surface area contributed by atoms with Gasteiger partial charge in [-0.2, -0.15) is 5.10 Å². The zero-order valence-electron chi connectivity index (χ0n) is 20.0. The van der Waals surface area contributed by atoms with Crippen LogP contribution < -0.4 is 10.0 Å². The van der Waals surface area contributed by atoms with Gasteiger partial charge in [0.25, 0.3) is 0 Å². The number of pyridine rings is 2. The van der Waals surface area contributed by atoms with Gasteiger partial charge in [-0.15, -0.1) is 0 Å². The number of H-pyrrole nitrogens is 2. The summed E-state index contributed by atoms with van der Waals surface area (Å²) in [4.78, 5) is 12.4. The number of halogens is 1. The highest BCUT2D eigenvalue weighted by molar-refractivity contribution is 7.88. The van der Waals surface area contributed by atoms with Crippen LogP contribution in [0.4, 0.5) is 4.39 Å². The maximum Gasteiger partial charge on any atom is 0.209 e. The van der Waals surface area contributed by atoms with Gasteiger partial charge in [0.2, 0.25) is 10.0 Å². The van der Waals surface area contributed by atoms with Crippen molar-refractivity contribution in [3.05, 3.63) is 72.1 Å². The highest BCUT2D eigenvalue weighted by Gasteiger charge is 2.17. The third-order valence-corrected chi connectivity index (χ3v) is 7.12. The molecule has 0 amide bonds. The molecule has 0 saturated heterocycles. The first-order valence-corrected chi connectivity index (χ1v) is 13.7. The number of aromatic amines is 2. The summed E-state index contributed by atoms with van der Waals surface area (Å²) < 4.78 is 39.9. The van der Waals surface area contributed by atoms with E-state index in [0.717, 1.165) is 70.2 Å². The van der Waals surface area contributed by atoms with Gasteiger partial charge in [-0.3, -0.25) is 15.1 Å². The number of hydrogen-bond donors (Lipinski definition) is 4. The van der Waals surface area contributed by atoms with E-state index in [2.05, 4.69) is 47.3 Å². The average Bonchev–Trinajstić information content (AvgIpc) is 3.51. The van der Waals surface area contributed by atoms with Crippen LogP contribution in [0.1, 0.15) is 17.7 Å². The summed E-state index contributed by atoms with van der Waals surface area (Å²) in [5.41, 5.74) is 7.15. The van der Waals surface area contributed by atoms with Crippen LogP contribution in [0.25, 0.3) is 49.9 Å². The van der Waals surface area contributed by atoms with Crippen LogP contribution in [0.5, 0.6) is 0 Å². The van der Waals surface area contributed by atoms with Gasteiger partial charge in [0.05, 0.1) is 41.1 Å². The van der Waals surface area contributed by atoms with Crippen molar-refractivity contribution in [3.8, 4) is 22.5 Å². The van der Waals surface area contributed by atoms with Crippen LogP contribution in [0, 0.1) is 5.82 Å². The minimum absolute atomic E-state index is 0.00644. The summed E-state index contributed by atoms with van der Waals surface area (Å²) >= 11 is 0. The van der Waals surface area contributed by atoms with Crippen molar-refractivity contribution in [2.45, 2.75) is 13.0 Å². The van der Waals surface area contributed by atoms with Gasteiger partial charge in [-0.25, -0.2) is 17.5 Å². The number of fused-ring (bicyclic) bond motifs is 2. The van der Waals surface area contributed by atoms with E-state index in [1.807, 2.05) is 6.07 Å². The quantitative estimate of drug-likeness (QED) is 0.272. The highest BCUT2D eigenvalue weighted by Crippen LogP contribution is 2.34. The van der Waals surface area contributed by atoms with E-state index in [1.54, 1.807) is 24.7 Å². The molecule has 4 aromatic heterocycles. The van der Waals surface area contributed by atoms with Gasteiger partial charge in [-0.1, -0.05) is 6.08 Å². The molecule has 6 rings (SSSR count). The van der Waals surface area contributed by atoms with E-state index in [4.69, 9.17) is 0 Å². The molecule has 0 fully saturated rings. The average molecular weight is 518 g/mol. The molecule has 1 aliphatic rings. The molecule has 0 atom stereocenters. The summed E-state index contributed by atoms with van der Waals surface area (Å²) in [5, 5.41) is 12.7. The fourth-order valence-electron chi connectivity index (χ4n) is 4.68. The zero-order chi connectivity index (χ0) is 25.6.